The lowest BCUT2D eigenvalue weighted by molar-refractivity contribution is -0.123. The van der Waals surface area contributed by atoms with E-state index in [-0.39, 0.29) is 29.4 Å². The third kappa shape index (κ3) is 4.77. The fraction of sp³-hybridized carbons (Fsp3) is 0.429. The fourth-order valence-electron chi connectivity index (χ4n) is 1.89. The van der Waals surface area contributed by atoms with Crippen LogP contribution in [-0.4, -0.2) is 49.7 Å². The molecule has 0 spiro atoms. The molecule has 1 aliphatic heterocycles. The molecule has 0 aromatic heterocycles. The second-order valence-electron chi connectivity index (χ2n) is 4.67. The van der Waals surface area contributed by atoms with Gasteiger partial charge in [-0.1, -0.05) is 11.6 Å². The van der Waals surface area contributed by atoms with Crippen LogP contribution in [0.25, 0.3) is 0 Å². The molecule has 2 amide bonds. The van der Waals surface area contributed by atoms with E-state index in [4.69, 9.17) is 21.1 Å². The molecular formula is C14H16ClFN2O4. The zero-order valence-corrected chi connectivity index (χ0v) is 12.6. The topological polar surface area (TPSA) is 67.9 Å². The first-order chi connectivity index (χ1) is 10.6. The number of cyclic esters (lactones) is 1. The number of amides is 2. The molecule has 0 bridgehead atoms. The lowest BCUT2D eigenvalue weighted by atomic mass is 10.3. The third-order valence-electron chi connectivity index (χ3n) is 3.03. The maximum atomic E-state index is 13.2. The molecule has 22 heavy (non-hydrogen) atoms. The number of nitrogens with one attached hydrogen (secondary N) is 1. The van der Waals surface area contributed by atoms with Crippen LogP contribution in [0.2, 0.25) is 5.02 Å². The third-order valence-corrected chi connectivity index (χ3v) is 3.34. The Hall–Kier alpha value is -2.02. The maximum absolute atomic E-state index is 13.2. The number of hydrogen-bond acceptors (Lipinski definition) is 4. The van der Waals surface area contributed by atoms with Gasteiger partial charge in [-0.05, 0) is 18.6 Å². The van der Waals surface area contributed by atoms with Crippen LogP contribution in [0.5, 0.6) is 5.75 Å². The highest BCUT2D eigenvalue weighted by Gasteiger charge is 2.20. The summed E-state index contributed by atoms with van der Waals surface area (Å²) in [5.41, 5.74) is 0. The number of nitrogens with zero attached hydrogens (tertiary/aromatic N) is 1. The summed E-state index contributed by atoms with van der Waals surface area (Å²) in [6.07, 6.45) is 0.301. The van der Waals surface area contributed by atoms with E-state index in [1.165, 1.54) is 12.1 Å². The van der Waals surface area contributed by atoms with E-state index >= 15 is 0 Å². The first-order valence-electron chi connectivity index (χ1n) is 6.82. The number of halogens is 2. The van der Waals surface area contributed by atoms with Crippen molar-refractivity contribution >= 4 is 23.6 Å². The molecule has 1 aromatic carbocycles. The lowest BCUT2D eigenvalue weighted by Crippen LogP contribution is -2.32. The summed E-state index contributed by atoms with van der Waals surface area (Å²) in [6, 6.07) is 3.96. The summed E-state index contributed by atoms with van der Waals surface area (Å²) in [7, 11) is 0. The predicted octanol–water partition coefficient (Wildman–Crippen LogP) is 1.82. The molecule has 6 nitrogen and oxygen atoms in total. The Labute approximate surface area is 132 Å². The Kier molecular flexibility index (Phi) is 5.83. The van der Waals surface area contributed by atoms with Gasteiger partial charge >= 0.3 is 6.09 Å². The highest BCUT2D eigenvalue weighted by molar-refractivity contribution is 6.30. The molecule has 1 aromatic rings. The smallest absolute Gasteiger partial charge is 0.409 e. The number of ether oxygens (including phenoxy) is 2. The van der Waals surface area contributed by atoms with Crippen LogP contribution in [-0.2, 0) is 9.53 Å². The molecule has 0 saturated carbocycles. The molecule has 1 heterocycles. The lowest BCUT2D eigenvalue weighted by Gasteiger charge is -2.12. The van der Waals surface area contributed by atoms with E-state index in [9.17, 15) is 14.0 Å². The van der Waals surface area contributed by atoms with Gasteiger partial charge in [0.25, 0.3) is 5.91 Å². The van der Waals surface area contributed by atoms with Crippen molar-refractivity contribution in [3.05, 3.63) is 29.0 Å². The van der Waals surface area contributed by atoms with Gasteiger partial charge in [-0.3, -0.25) is 4.79 Å². The van der Waals surface area contributed by atoms with Gasteiger partial charge in [0.15, 0.2) is 6.61 Å². The van der Waals surface area contributed by atoms with Crippen molar-refractivity contribution in [3.63, 3.8) is 0 Å². The van der Waals surface area contributed by atoms with Crippen molar-refractivity contribution in [2.24, 2.45) is 0 Å². The van der Waals surface area contributed by atoms with Gasteiger partial charge in [-0.25, -0.2) is 9.18 Å². The minimum absolute atomic E-state index is 0.00255. The fourth-order valence-corrected chi connectivity index (χ4v) is 2.01. The van der Waals surface area contributed by atoms with Gasteiger partial charge < -0.3 is 19.7 Å². The van der Waals surface area contributed by atoms with Gasteiger partial charge in [0.2, 0.25) is 0 Å². The van der Waals surface area contributed by atoms with E-state index < -0.39 is 5.82 Å². The van der Waals surface area contributed by atoms with Crippen LogP contribution in [0.3, 0.4) is 0 Å². The van der Waals surface area contributed by atoms with Crippen molar-refractivity contribution in [1.29, 1.82) is 0 Å². The molecular weight excluding hydrogens is 315 g/mol. The largest absolute Gasteiger partial charge is 0.484 e. The van der Waals surface area contributed by atoms with E-state index in [0.717, 1.165) is 6.07 Å². The second kappa shape index (κ2) is 7.84. The van der Waals surface area contributed by atoms with Crippen LogP contribution >= 0.6 is 11.6 Å². The summed E-state index contributed by atoms with van der Waals surface area (Å²) < 4.78 is 23.1. The number of rotatable bonds is 7. The number of carbonyl (C=O) groups is 2. The van der Waals surface area contributed by atoms with Crippen LogP contribution in [0.15, 0.2) is 18.2 Å². The molecule has 1 fully saturated rings. The number of benzene rings is 1. The standard InChI is InChI=1S/C14H16ClFN2O4/c15-11-3-2-10(8-12(11)16)22-9-13(19)17-4-1-5-18-6-7-21-14(18)20/h2-3,8H,1,4-7,9H2,(H,17,19). The summed E-state index contributed by atoms with van der Waals surface area (Å²) in [5.74, 6) is -0.687. The highest BCUT2D eigenvalue weighted by atomic mass is 35.5. The highest BCUT2D eigenvalue weighted by Crippen LogP contribution is 2.20. The zero-order valence-electron chi connectivity index (χ0n) is 11.8. The van der Waals surface area contributed by atoms with E-state index in [1.807, 2.05) is 0 Å². The molecule has 1 saturated heterocycles. The van der Waals surface area contributed by atoms with Gasteiger partial charge in [0, 0.05) is 19.2 Å². The Morgan fingerprint density at radius 3 is 3.00 bits per heavy atom. The molecule has 120 valence electrons. The predicted molar refractivity (Wildman–Crippen MR) is 77.5 cm³/mol. The molecule has 2 rings (SSSR count). The van der Waals surface area contributed by atoms with E-state index in [1.54, 1.807) is 4.90 Å². The molecule has 8 heteroatoms. The van der Waals surface area contributed by atoms with Crippen molar-refractivity contribution < 1.29 is 23.5 Å². The Bertz CT molecular complexity index is 556. The number of carbonyl (C=O) groups excluding carboxylic acids is 2. The van der Waals surface area contributed by atoms with Crippen molar-refractivity contribution in [3.8, 4) is 5.75 Å². The number of hydrogen-bond donors (Lipinski definition) is 1. The van der Waals surface area contributed by atoms with Crippen molar-refractivity contribution in [1.82, 2.24) is 10.2 Å². The normalized spacial score (nSPS) is 13.9. The van der Waals surface area contributed by atoms with Crippen molar-refractivity contribution in [2.45, 2.75) is 6.42 Å². The Morgan fingerprint density at radius 1 is 1.50 bits per heavy atom. The first-order valence-corrected chi connectivity index (χ1v) is 7.20. The summed E-state index contributed by atoms with van der Waals surface area (Å²) in [4.78, 5) is 24.3. The Morgan fingerprint density at radius 2 is 2.32 bits per heavy atom. The quantitative estimate of drug-likeness (QED) is 0.774. The second-order valence-corrected chi connectivity index (χ2v) is 5.08. The minimum Gasteiger partial charge on any atom is -0.484 e. The summed E-state index contributed by atoms with van der Waals surface area (Å²) in [6.45, 7) is 1.73. The molecule has 0 unspecified atom stereocenters. The minimum atomic E-state index is -0.600. The van der Waals surface area contributed by atoms with Crippen molar-refractivity contribution in [2.75, 3.05) is 32.8 Å². The van der Waals surface area contributed by atoms with Gasteiger partial charge in [0.1, 0.15) is 18.2 Å². The molecule has 0 radical (unpaired) electrons. The Balaban J connectivity index is 1.61. The van der Waals surface area contributed by atoms with Crippen LogP contribution < -0.4 is 10.1 Å². The molecule has 0 aliphatic carbocycles. The van der Waals surface area contributed by atoms with Crippen LogP contribution in [0.1, 0.15) is 6.42 Å². The SMILES string of the molecule is O=C(COc1ccc(Cl)c(F)c1)NCCCN1CCOC1=O. The summed E-state index contributed by atoms with van der Waals surface area (Å²) in [5, 5.41) is 2.65. The monoisotopic (exact) mass is 330 g/mol. The maximum Gasteiger partial charge on any atom is 0.409 e. The summed E-state index contributed by atoms with van der Waals surface area (Å²) >= 11 is 5.55. The van der Waals surface area contributed by atoms with E-state index in [0.29, 0.717) is 32.7 Å². The van der Waals surface area contributed by atoms with Crippen LogP contribution in [0, 0.1) is 5.82 Å². The van der Waals surface area contributed by atoms with Crippen LogP contribution in [0.4, 0.5) is 9.18 Å². The van der Waals surface area contributed by atoms with Gasteiger partial charge in [-0.2, -0.15) is 0 Å². The van der Waals surface area contributed by atoms with E-state index in [2.05, 4.69) is 5.32 Å². The van der Waals surface area contributed by atoms with Gasteiger partial charge in [0.05, 0.1) is 11.6 Å². The zero-order chi connectivity index (χ0) is 15.9. The average Bonchev–Trinajstić information content (AvgIpc) is 2.90. The van der Waals surface area contributed by atoms with Gasteiger partial charge in [-0.15, -0.1) is 0 Å². The molecule has 1 aliphatic rings. The first kappa shape index (κ1) is 16.4. The molecule has 1 N–H and O–H groups in total. The average molecular weight is 331 g/mol. The molecule has 0 atom stereocenters.